The molecule has 15 heavy (non-hydrogen) atoms. The van der Waals surface area contributed by atoms with Crippen molar-refractivity contribution in [3.63, 3.8) is 0 Å². The van der Waals surface area contributed by atoms with Crippen LogP contribution in [0.5, 0.6) is 0 Å². The van der Waals surface area contributed by atoms with Crippen LogP contribution >= 0.6 is 0 Å². The summed E-state index contributed by atoms with van der Waals surface area (Å²) in [5.41, 5.74) is 3.11. The molecular weight excluding hydrogens is 186 g/mol. The number of rotatable bonds is 2. The molecular formula is C12H17N3. The highest BCUT2D eigenvalue weighted by atomic mass is 15.3. The third-order valence-corrected chi connectivity index (χ3v) is 2.52. The predicted octanol–water partition coefficient (Wildman–Crippen LogP) is 3.14. The first-order chi connectivity index (χ1) is 7.08. The van der Waals surface area contributed by atoms with E-state index >= 15 is 0 Å². The van der Waals surface area contributed by atoms with Gasteiger partial charge in [0.2, 0.25) is 0 Å². The van der Waals surface area contributed by atoms with E-state index in [0.717, 1.165) is 16.7 Å². The molecule has 2 aromatic rings. The van der Waals surface area contributed by atoms with Crippen molar-refractivity contribution in [2.24, 2.45) is 0 Å². The zero-order valence-corrected chi connectivity index (χ0v) is 9.73. The smallest absolute Gasteiger partial charge is 0.111 e. The van der Waals surface area contributed by atoms with Gasteiger partial charge >= 0.3 is 0 Å². The second-order valence-corrected chi connectivity index (χ2v) is 4.50. The zero-order valence-electron chi connectivity index (χ0n) is 9.73. The highest BCUT2D eigenvalue weighted by Gasteiger charge is 2.07. The van der Waals surface area contributed by atoms with E-state index in [1.807, 2.05) is 10.9 Å². The molecule has 0 saturated carbocycles. The van der Waals surface area contributed by atoms with Crippen LogP contribution in [0.3, 0.4) is 0 Å². The minimum Gasteiger partial charge on any atom is -0.267 e. The Hall–Kier alpha value is -1.38. The molecule has 0 atom stereocenters. The highest BCUT2D eigenvalue weighted by Crippen LogP contribution is 2.17. The van der Waals surface area contributed by atoms with Gasteiger partial charge in [0, 0.05) is 11.7 Å². The standard InChI is InChI=1S/C12H17N3/c1-8(2)10-5-6-11-12(13-10)7-15(14-11)9(3)4/h5-9H,1-4H3. The summed E-state index contributed by atoms with van der Waals surface area (Å²) in [6.07, 6.45) is 2.02. The first kappa shape index (κ1) is 10.1. The van der Waals surface area contributed by atoms with Gasteiger partial charge in [-0.2, -0.15) is 5.10 Å². The summed E-state index contributed by atoms with van der Waals surface area (Å²) in [7, 11) is 0. The lowest BCUT2D eigenvalue weighted by Gasteiger charge is -2.02. The van der Waals surface area contributed by atoms with Crippen molar-refractivity contribution < 1.29 is 0 Å². The van der Waals surface area contributed by atoms with Crippen LogP contribution in [0.1, 0.15) is 45.3 Å². The molecule has 0 radical (unpaired) electrons. The van der Waals surface area contributed by atoms with Crippen molar-refractivity contribution in [2.75, 3.05) is 0 Å². The van der Waals surface area contributed by atoms with E-state index in [4.69, 9.17) is 0 Å². The van der Waals surface area contributed by atoms with Gasteiger partial charge in [0.05, 0.1) is 6.20 Å². The molecule has 0 unspecified atom stereocenters. The summed E-state index contributed by atoms with van der Waals surface area (Å²) >= 11 is 0. The number of nitrogens with zero attached hydrogens (tertiary/aromatic N) is 3. The molecule has 3 nitrogen and oxygen atoms in total. The Labute approximate surface area is 90.1 Å². The topological polar surface area (TPSA) is 30.7 Å². The molecule has 0 aliphatic heterocycles. The van der Waals surface area contributed by atoms with E-state index in [-0.39, 0.29) is 0 Å². The minimum atomic E-state index is 0.390. The van der Waals surface area contributed by atoms with Crippen LogP contribution in [0.4, 0.5) is 0 Å². The minimum absolute atomic E-state index is 0.390. The number of hydrogen-bond acceptors (Lipinski definition) is 2. The fourth-order valence-corrected chi connectivity index (χ4v) is 1.53. The van der Waals surface area contributed by atoms with Crippen LogP contribution in [0.2, 0.25) is 0 Å². The van der Waals surface area contributed by atoms with E-state index < -0.39 is 0 Å². The van der Waals surface area contributed by atoms with Gasteiger partial charge in [-0.25, -0.2) is 4.98 Å². The Morgan fingerprint density at radius 1 is 1.07 bits per heavy atom. The predicted molar refractivity (Wildman–Crippen MR) is 62.0 cm³/mol. The van der Waals surface area contributed by atoms with Crippen molar-refractivity contribution in [1.82, 2.24) is 14.8 Å². The molecule has 0 aliphatic carbocycles. The Bertz CT molecular complexity index is 463. The maximum absolute atomic E-state index is 4.59. The van der Waals surface area contributed by atoms with Gasteiger partial charge in [-0.1, -0.05) is 13.8 Å². The molecule has 0 saturated heterocycles. The average Bonchev–Trinajstić information content (AvgIpc) is 2.59. The van der Waals surface area contributed by atoms with Crippen LogP contribution in [-0.2, 0) is 0 Å². The maximum atomic E-state index is 4.59. The first-order valence-corrected chi connectivity index (χ1v) is 5.43. The second-order valence-electron chi connectivity index (χ2n) is 4.50. The highest BCUT2D eigenvalue weighted by molar-refractivity contribution is 5.73. The fraction of sp³-hybridized carbons (Fsp3) is 0.500. The molecule has 2 heterocycles. The van der Waals surface area contributed by atoms with Gasteiger partial charge in [-0.05, 0) is 31.9 Å². The van der Waals surface area contributed by atoms with Crippen molar-refractivity contribution in [1.29, 1.82) is 0 Å². The third kappa shape index (κ3) is 1.87. The van der Waals surface area contributed by atoms with Crippen molar-refractivity contribution in [3.05, 3.63) is 24.0 Å². The quantitative estimate of drug-likeness (QED) is 0.750. The summed E-state index contributed by atoms with van der Waals surface area (Å²) in [5, 5.41) is 4.47. The van der Waals surface area contributed by atoms with Gasteiger partial charge in [-0.3, -0.25) is 4.68 Å². The van der Waals surface area contributed by atoms with Crippen molar-refractivity contribution in [2.45, 2.75) is 39.7 Å². The Morgan fingerprint density at radius 2 is 1.80 bits per heavy atom. The largest absolute Gasteiger partial charge is 0.267 e. The number of aromatic nitrogens is 3. The Kier molecular flexibility index (Phi) is 2.47. The first-order valence-electron chi connectivity index (χ1n) is 5.43. The monoisotopic (exact) mass is 203 g/mol. The molecule has 0 amide bonds. The molecule has 80 valence electrons. The molecule has 0 fully saturated rings. The van der Waals surface area contributed by atoms with Crippen LogP contribution in [0, 0.1) is 0 Å². The molecule has 0 aliphatic rings. The SMILES string of the molecule is CC(C)c1ccc2nn(C(C)C)cc2n1. The average molecular weight is 203 g/mol. The molecule has 2 aromatic heterocycles. The van der Waals surface area contributed by atoms with E-state index in [0.29, 0.717) is 12.0 Å². The van der Waals surface area contributed by atoms with E-state index in [1.54, 1.807) is 0 Å². The van der Waals surface area contributed by atoms with Gasteiger partial charge in [0.1, 0.15) is 11.0 Å². The van der Waals surface area contributed by atoms with Gasteiger partial charge in [-0.15, -0.1) is 0 Å². The zero-order chi connectivity index (χ0) is 11.0. The lowest BCUT2D eigenvalue weighted by atomic mass is 10.1. The van der Waals surface area contributed by atoms with E-state index in [1.165, 1.54) is 0 Å². The molecule has 0 bridgehead atoms. The number of hydrogen-bond donors (Lipinski definition) is 0. The van der Waals surface area contributed by atoms with Crippen LogP contribution in [-0.4, -0.2) is 14.8 Å². The summed E-state index contributed by atoms with van der Waals surface area (Å²) in [4.78, 5) is 4.59. The summed E-state index contributed by atoms with van der Waals surface area (Å²) < 4.78 is 1.96. The van der Waals surface area contributed by atoms with Crippen molar-refractivity contribution in [3.8, 4) is 0 Å². The maximum Gasteiger partial charge on any atom is 0.111 e. The summed E-state index contributed by atoms with van der Waals surface area (Å²) in [6, 6.07) is 4.50. The number of pyridine rings is 1. The van der Waals surface area contributed by atoms with Crippen LogP contribution in [0.15, 0.2) is 18.3 Å². The van der Waals surface area contributed by atoms with E-state index in [2.05, 4.69) is 49.9 Å². The molecule has 3 heteroatoms. The molecule has 2 rings (SSSR count). The van der Waals surface area contributed by atoms with Crippen LogP contribution in [0.25, 0.3) is 11.0 Å². The fourth-order valence-electron chi connectivity index (χ4n) is 1.53. The lowest BCUT2D eigenvalue weighted by molar-refractivity contribution is 0.537. The lowest BCUT2D eigenvalue weighted by Crippen LogP contribution is -1.99. The summed E-state index contributed by atoms with van der Waals surface area (Å²) in [6.45, 7) is 8.55. The number of fused-ring (bicyclic) bond motifs is 1. The normalized spacial score (nSPS) is 11.9. The Balaban J connectivity index is 2.52. The molecule has 0 aromatic carbocycles. The third-order valence-electron chi connectivity index (χ3n) is 2.52. The van der Waals surface area contributed by atoms with E-state index in [9.17, 15) is 0 Å². The van der Waals surface area contributed by atoms with Gasteiger partial charge in [0.15, 0.2) is 0 Å². The second kappa shape index (κ2) is 3.65. The molecule has 0 N–H and O–H groups in total. The Morgan fingerprint density at radius 3 is 2.40 bits per heavy atom. The van der Waals surface area contributed by atoms with Crippen molar-refractivity contribution >= 4 is 11.0 Å². The van der Waals surface area contributed by atoms with Gasteiger partial charge < -0.3 is 0 Å². The van der Waals surface area contributed by atoms with Gasteiger partial charge in [0.25, 0.3) is 0 Å². The molecule has 0 spiro atoms. The summed E-state index contributed by atoms with van der Waals surface area (Å²) in [5.74, 6) is 0.469. The van der Waals surface area contributed by atoms with Crippen LogP contribution < -0.4 is 0 Å².